The highest BCUT2D eigenvalue weighted by Gasteiger charge is 2.29. The number of rotatable bonds is 2. The van der Waals surface area contributed by atoms with Crippen molar-refractivity contribution in [3.05, 3.63) is 70.8 Å². The summed E-state index contributed by atoms with van der Waals surface area (Å²) in [5, 5.41) is 0. The number of likely N-dealkylation sites (N-methyl/N-ethyl adjacent to an activating group) is 1. The fourth-order valence-electron chi connectivity index (χ4n) is 4.35. The van der Waals surface area contributed by atoms with Gasteiger partial charge in [0, 0.05) is 38.3 Å². The molecular formula is C23H28N2O. The predicted octanol–water partition coefficient (Wildman–Crippen LogP) is 3.39. The third-order valence-electron chi connectivity index (χ3n) is 5.96. The summed E-state index contributed by atoms with van der Waals surface area (Å²) in [5.74, 6) is 0.239. The lowest BCUT2D eigenvalue weighted by molar-refractivity contribution is 0.0902. The van der Waals surface area contributed by atoms with Crippen molar-refractivity contribution in [3.63, 3.8) is 0 Å². The fraction of sp³-hybridized carbons (Fsp3) is 0.435. The Balaban J connectivity index is 1.71. The highest BCUT2D eigenvalue weighted by Crippen LogP contribution is 2.30. The molecule has 0 aromatic heterocycles. The van der Waals surface area contributed by atoms with Crippen LogP contribution in [-0.4, -0.2) is 55.4 Å². The number of fused-ring (bicyclic) bond motifs is 2. The molecule has 1 aliphatic heterocycles. The van der Waals surface area contributed by atoms with Crippen LogP contribution in [0, 0.1) is 0 Å². The molecule has 0 saturated carbocycles. The number of carbonyl (C=O) groups is 1. The van der Waals surface area contributed by atoms with Gasteiger partial charge in [0.1, 0.15) is 0 Å². The zero-order valence-corrected chi connectivity index (χ0v) is 15.7. The van der Waals surface area contributed by atoms with Crippen LogP contribution in [-0.2, 0) is 12.8 Å². The van der Waals surface area contributed by atoms with Gasteiger partial charge in [-0.25, -0.2) is 0 Å². The smallest absolute Gasteiger partial charge is 0.171 e. The number of carbonyl (C=O) groups excluding carboxylic acids is 1. The molecule has 1 heterocycles. The highest BCUT2D eigenvalue weighted by atomic mass is 16.1. The Labute approximate surface area is 156 Å². The van der Waals surface area contributed by atoms with Gasteiger partial charge in [-0.15, -0.1) is 0 Å². The van der Waals surface area contributed by atoms with Gasteiger partial charge in [-0.2, -0.15) is 0 Å². The number of Topliss-reactive ketones (excluding diaryl/α,β-unsaturated/α-hetero) is 1. The Morgan fingerprint density at radius 3 is 2.35 bits per heavy atom. The minimum absolute atomic E-state index is 0.0612. The largest absolute Gasteiger partial charge is 0.304 e. The normalized spacial score (nSPS) is 22.0. The lowest BCUT2D eigenvalue weighted by Crippen LogP contribution is -2.46. The Morgan fingerprint density at radius 1 is 0.885 bits per heavy atom. The zero-order chi connectivity index (χ0) is 17.9. The van der Waals surface area contributed by atoms with Crippen molar-refractivity contribution in [1.82, 2.24) is 9.80 Å². The quantitative estimate of drug-likeness (QED) is 0.831. The molecule has 1 aliphatic carbocycles. The van der Waals surface area contributed by atoms with Crippen LogP contribution in [0.25, 0.3) is 0 Å². The second kappa shape index (κ2) is 7.73. The summed E-state index contributed by atoms with van der Waals surface area (Å²) in [6.07, 6.45) is 3.14. The summed E-state index contributed by atoms with van der Waals surface area (Å²) in [5.41, 5.74) is 4.75. The van der Waals surface area contributed by atoms with Gasteiger partial charge in [-0.1, -0.05) is 48.5 Å². The number of piperazine rings is 1. The number of ketones is 1. The summed E-state index contributed by atoms with van der Waals surface area (Å²) in [6, 6.07) is 16.8. The van der Waals surface area contributed by atoms with Crippen LogP contribution >= 0.6 is 0 Å². The molecule has 0 spiro atoms. The van der Waals surface area contributed by atoms with E-state index in [0.717, 1.165) is 57.5 Å². The van der Waals surface area contributed by atoms with Gasteiger partial charge >= 0.3 is 0 Å². The van der Waals surface area contributed by atoms with E-state index in [2.05, 4.69) is 53.2 Å². The number of nitrogens with zero attached hydrogens (tertiary/aromatic N) is 2. The SMILES string of the molecule is CN1CCN(CC2C(=O)c3ccccc3CCCc3ccccc32)CC1. The Hall–Kier alpha value is -1.97. The molecule has 4 rings (SSSR count). The first-order valence-corrected chi connectivity index (χ1v) is 9.83. The molecule has 2 aliphatic rings. The van der Waals surface area contributed by atoms with Crippen LogP contribution in [0.3, 0.4) is 0 Å². The monoisotopic (exact) mass is 348 g/mol. The maximum atomic E-state index is 13.6. The molecule has 1 unspecified atom stereocenters. The lowest BCUT2D eigenvalue weighted by Gasteiger charge is -2.34. The first-order valence-electron chi connectivity index (χ1n) is 9.83. The van der Waals surface area contributed by atoms with Crippen LogP contribution in [0.2, 0.25) is 0 Å². The van der Waals surface area contributed by atoms with Crippen molar-refractivity contribution in [2.75, 3.05) is 39.8 Å². The van der Waals surface area contributed by atoms with Crippen molar-refractivity contribution in [3.8, 4) is 0 Å². The second-order valence-electron chi connectivity index (χ2n) is 7.73. The van der Waals surface area contributed by atoms with Crippen LogP contribution in [0.5, 0.6) is 0 Å². The number of benzene rings is 2. The molecule has 0 bridgehead atoms. The van der Waals surface area contributed by atoms with E-state index in [1.165, 1.54) is 16.7 Å². The van der Waals surface area contributed by atoms with Gasteiger partial charge in [-0.3, -0.25) is 9.69 Å². The first-order chi connectivity index (χ1) is 12.7. The van der Waals surface area contributed by atoms with Crippen molar-refractivity contribution in [2.45, 2.75) is 25.2 Å². The van der Waals surface area contributed by atoms with Crippen LogP contribution in [0.1, 0.15) is 39.4 Å². The van der Waals surface area contributed by atoms with E-state index in [0.29, 0.717) is 5.78 Å². The van der Waals surface area contributed by atoms with Crippen LogP contribution in [0.15, 0.2) is 48.5 Å². The van der Waals surface area contributed by atoms with Crippen molar-refractivity contribution >= 4 is 5.78 Å². The molecule has 136 valence electrons. The van der Waals surface area contributed by atoms with Crippen molar-refractivity contribution in [1.29, 1.82) is 0 Å². The predicted molar refractivity (Wildman–Crippen MR) is 106 cm³/mol. The van der Waals surface area contributed by atoms with E-state index in [1.54, 1.807) is 0 Å². The van der Waals surface area contributed by atoms with Crippen molar-refractivity contribution in [2.24, 2.45) is 0 Å². The molecule has 1 atom stereocenters. The van der Waals surface area contributed by atoms with E-state index in [9.17, 15) is 4.79 Å². The third-order valence-corrected chi connectivity index (χ3v) is 5.96. The third kappa shape index (κ3) is 3.60. The fourth-order valence-corrected chi connectivity index (χ4v) is 4.35. The van der Waals surface area contributed by atoms with Gasteiger partial charge < -0.3 is 4.90 Å². The van der Waals surface area contributed by atoms with Crippen LogP contribution < -0.4 is 0 Å². The number of aryl methyl sites for hydroxylation is 2. The van der Waals surface area contributed by atoms with E-state index < -0.39 is 0 Å². The average molecular weight is 348 g/mol. The molecule has 3 nitrogen and oxygen atoms in total. The number of hydrogen-bond donors (Lipinski definition) is 0. The molecule has 0 amide bonds. The summed E-state index contributed by atoms with van der Waals surface area (Å²) < 4.78 is 0. The molecule has 1 fully saturated rings. The minimum atomic E-state index is -0.0612. The van der Waals surface area contributed by atoms with Crippen molar-refractivity contribution < 1.29 is 4.79 Å². The molecule has 2 aromatic rings. The zero-order valence-electron chi connectivity index (χ0n) is 15.7. The van der Waals surface area contributed by atoms with Gasteiger partial charge in [0.05, 0.1) is 5.92 Å². The Morgan fingerprint density at radius 2 is 1.54 bits per heavy atom. The van der Waals surface area contributed by atoms with E-state index in [1.807, 2.05) is 12.1 Å². The maximum absolute atomic E-state index is 13.6. The van der Waals surface area contributed by atoms with E-state index in [4.69, 9.17) is 0 Å². The molecule has 26 heavy (non-hydrogen) atoms. The minimum Gasteiger partial charge on any atom is -0.304 e. The molecule has 2 aromatic carbocycles. The lowest BCUT2D eigenvalue weighted by atomic mass is 9.86. The van der Waals surface area contributed by atoms with E-state index >= 15 is 0 Å². The summed E-state index contributed by atoms with van der Waals surface area (Å²) in [6.45, 7) is 5.09. The molecule has 1 saturated heterocycles. The summed E-state index contributed by atoms with van der Waals surface area (Å²) >= 11 is 0. The standard InChI is InChI=1S/C23H28N2O/c1-24-13-15-25(16-14-24)17-22-20-11-4-2-7-18(20)9-6-10-19-8-3-5-12-21(19)23(22)26/h2-5,7-8,11-12,22H,6,9-10,13-17H2,1H3. The topological polar surface area (TPSA) is 23.6 Å². The maximum Gasteiger partial charge on any atom is 0.171 e. The molecule has 0 radical (unpaired) electrons. The summed E-state index contributed by atoms with van der Waals surface area (Å²) in [7, 11) is 2.17. The Bertz CT molecular complexity index is 777. The van der Waals surface area contributed by atoms with Gasteiger partial charge in [0.25, 0.3) is 0 Å². The first kappa shape index (κ1) is 17.4. The summed E-state index contributed by atoms with van der Waals surface area (Å²) in [4.78, 5) is 18.4. The molecular weight excluding hydrogens is 320 g/mol. The van der Waals surface area contributed by atoms with Gasteiger partial charge in [0.15, 0.2) is 5.78 Å². The average Bonchev–Trinajstić information content (AvgIpc) is 2.72. The van der Waals surface area contributed by atoms with Gasteiger partial charge in [-0.05, 0) is 43.0 Å². The van der Waals surface area contributed by atoms with E-state index in [-0.39, 0.29) is 5.92 Å². The number of hydrogen-bond acceptors (Lipinski definition) is 3. The Kier molecular flexibility index (Phi) is 5.18. The second-order valence-corrected chi connectivity index (χ2v) is 7.73. The highest BCUT2D eigenvalue weighted by molar-refractivity contribution is 6.02. The molecule has 3 heteroatoms. The van der Waals surface area contributed by atoms with Gasteiger partial charge in [0.2, 0.25) is 0 Å². The van der Waals surface area contributed by atoms with Crippen LogP contribution in [0.4, 0.5) is 0 Å². The molecule has 0 N–H and O–H groups in total.